The van der Waals surface area contributed by atoms with Crippen LogP contribution in [0.5, 0.6) is 11.5 Å². The van der Waals surface area contributed by atoms with Crippen LogP contribution >= 0.6 is 45.2 Å². The van der Waals surface area contributed by atoms with Crippen LogP contribution in [0.4, 0.5) is 18.4 Å². The Hall–Kier alpha value is -2.76. The summed E-state index contributed by atoms with van der Waals surface area (Å²) in [6, 6.07) is 8.99. The average molecular weight is 770 g/mol. The molecule has 0 saturated heterocycles. The molecule has 4 rings (SSSR count). The fraction of sp³-hybridized carbons (Fsp3) is 0.360. The summed E-state index contributed by atoms with van der Waals surface area (Å²) in [5.74, 6) is 0.156. The quantitative estimate of drug-likeness (QED) is 0.214. The number of rotatable bonds is 2. The maximum Gasteiger partial charge on any atom is 0.435 e. The highest BCUT2D eigenvalue weighted by Gasteiger charge is 2.23. The molecule has 39 heavy (non-hydrogen) atoms. The minimum atomic E-state index is -2.90. The lowest BCUT2D eigenvalue weighted by Gasteiger charge is -2.19. The molecule has 0 spiro atoms. The van der Waals surface area contributed by atoms with Crippen molar-refractivity contribution < 1.29 is 37.7 Å². The van der Waals surface area contributed by atoms with Gasteiger partial charge in [0.1, 0.15) is 30.1 Å². The molecule has 0 atom stereocenters. The van der Waals surface area contributed by atoms with E-state index in [1.807, 2.05) is 45.2 Å². The summed E-state index contributed by atoms with van der Waals surface area (Å²) in [6.45, 7) is 7.73. The topological polar surface area (TPSA) is 118 Å². The van der Waals surface area contributed by atoms with E-state index < -0.39 is 30.0 Å². The Balaban J connectivity index is 0.000000218. The van der Waals surface area contributed by atoms with E-state index in [0.717, 1.165) is 10.1 Å². The summed E-state index contributed by atoms with van der Waals surface area (Å²) < 4.78 is 42.8. The number of phenolic OH excluding ortho intramolecular Hbond substituents is 1. The molecule has 210 valence electrons. The Morgan fingerprint density at radius 3 is 1.69 bits per heavy atom. The van der Waals surface area contributed by atoms with Crippen LogP contribution in [0.15, 0.2) is 36.4 Å². The van der Waals surface area contributed by atoms with Crippen molar-refractivity contribution in [1.29, 1.82) is 0 Å². The number of aromatic nitrogens is 4. The largest absolute Gasteiger partial charge is 0.508 e. The first-order valence-corrected chi connectivity index (χ1v) is 13.6. The molecule has 0 unspecified atom stereocenters. The minimum absolute atomic E-state index is 0.0131. The highest BCUT2D eigenvalue weighted by atomic mass is 127. The normalized spacial score (nSPS) is 11.9. The van der Waals surface area contributed by atoms with Gasteiger partial charge in [-0.3, -0.25) is 0 Å². The third kappa shape index (κ3) is 8.12. The first-order valence-electron chi connectivity index (χ1n) is 11.4. The van der Waals surface area contributed by atoms with Gasteiger partial charge in [-0.2, -0.15) is 28.3 Å². The van der Waals surface area contributed by atoms with Gasteiger partial charge in [-0.15, -0.1) is 0 Å². The molecule has 4 aromatic rings. The molecule has 0 amide bonds. The number of halogens is 4. The molecule has 1 N–H and O–H groups in total. The number of carbonyl (C=O) groups is 2. The van der Waals surface area contributed by atoms with Crippen molar-refractivity contribution in [2.75, 3.05) is 0 Å². The molecule has 0 fully saturated rings. The van der Waals surface area contributed by atoms with E-state index in [1.165, 1.54) is 28.9 Å². The Morgan fingerprint density at radius 2 is 1.26 bits per heavy atom. The van der Waals surface area contributed by atoms with Gasteiger partial charge in [0.25, 0.3) is 0 Å². The van der Waals surface area contributed by atoms with Crippen LogP contribution in [0, 0.1) is 7.40 Å². The zero-order valence-corrected chi connectivity index (χ0v) is 26.1. The van der Waals surface area contributed by atoms with Crippen LogP contribution in [-0.2, 0) is 9.47 Å². The van der Waals surface area contributed by atoms with Crippen molar-refractivity contribution in [3.05, 3.63) is 43.8 Å². The van der Waals surface area contributed by atoms with Crippen molar-refractivity contribution in [2.45, 2.75) is 59.4 Å². The van der Waals surface area contributed by atoms with E-state index in [-0.39, 0.29) is 11.5 Å². The third-order valence-electron chi connectivity index (χ3n) is 4.58. The summed E-state index contributed by atoms with van der Waals surface area (Å²) in [4.78, 5) is 24.1. The Bertz CT molecular complexity index is 1520. The van der Waals surface area contributed by atoms with Crippen molar-refractivity contribution in [2.24, 2.45) is 0 Å². The Labute approximate surface area is 249 Å². The van der Waals surface area contributed by atoms with E-state index >= 15 is 0 Å². The fourth-order valence-corrected chi connectivity index (χ4v) is 4.49. The number of fused-ring (bicyclic) bond motifs is 2. The second-order valence-electron chi connectivity index (χ2n) is 10.1. The highest BCUT2D eigenvalue weighted by Crippen LogP contribution is 2.27. The standard InChI is InChI=1S/C13H13F2IN2O3.C12H13IN2O3/c1-13(2,3)21-12(19)18-9-5-4-7(20-11(14)15)6-8(9)10(16)17-18;1-12(2,3)18-11(17)15-9-5-4-7(16)6-8(9)10(13)14-15/h4-6,11H,1-3H3;4-6,16H,1-3H3. The number of carbonyl (C=O) groups excluding carboxylic acids is 2. The Kier molecular flexibility index (Phi) is 9.29. The predicted molar refractivity (Wildman–Crippen MR) is 156 cm³/mol. The summed E-state index contributed by atoms with van der Waals surface area (Å²) in [5.41, 5.74) is -0.140. The fourth-order valence-electron chi connectivity index (χ4n) is 3.19. The average Bonchev–Trinajstić information content (AvgIpc) is 3.28. The number of hydrogen-bond acceptors (Lipinski definition) is 8. The van der Waals surface area contributed by atoms with Gasteiger partial charge in [-0.25, -0.2) is 9.59 Å². The second kappa shape index (κ2) is 11.8. The lowest BCUT2D eigenvalue weighted by Crippen LogP contribution is -2.27. The van der Waals surface area contributed by atoms with Gasteiger partial charge in [0.05, 0.1) is 11.0 Å². The van der Waals surface area contributed by atoms with Crippen molar-refractivity contribution >= 4 is 79.2 Å². The van der Waals surface area contributed by atoms with Gasteiger partial charge in [-0.1, -0.05) is 0 Å². The van der Waals surface area contributed by atoms with Crippen LogP contribution in [-0.4, -0.2) is 54.7 Å². The number of alkyl halides is 2. The molecule has 14 heteroatoms. The number of aromatic hydroxyl groups is 1. The highest BCUT2D eigenvalue weighted by molar-refractivity contribution is 14.1. The van der Waals surface area contributed by atoms with Gasteiger partial charge in [0, 0.05) is 10.8 Å². The number of phenols is 1. The van der Waals surface area contributed by atoms with Crippen molar-refractivity contribution in [1.82, 2.24) is 19.6 Å². The van der Waals surface area contributed by atoms with E-state index in [0.29, 0.717) is 23.8 Å². The molecule has 0 bridgehead atoms. The van der Waals surface area contributed by atoms with Gasteiger partial charge in [-0.05, 0) is 123 Å². The van der Waals surface area contributed by atoms with Crippen molar-refractivity contribution in [3.8, 4) is 11.5 Å². The molecule has 2 aromatic carbocycles. The molecule has 2 heterocycles. The zero-order valence-electron chi connectivity index (χ0n) is 21.8. The van der Waals surface area contributed by atoms with Crippen LogP contribution in [0.25, 0.3) is 21.8 Å². The number of ether oxygens (including phenoxy) is 3. The minimum Gasteiger partial charge on any atom is -0.508 e. The summed E-state index contributed by atoms with van der Waals surface area (Å²) >= 11 is 3.93. The molecular formula is C25H26F2I2N4O6. The zero-order chi connectivity index (χ0) is 29.3. The smallest absolute Gasteiger partial charge is 0.435 e. The van der Waals surface area contributed by atoms with E-state index in [9.17, 15) is 23.5 Å². The van der Waals surface area contributed by atoms with Crippen molar-refractivity contribution in [3.63, 3.8) is 0 Å². The number of nitrogens with zero attached hydrogens (tertiary/aromatic N) is 4. The van der Waals surface area contributed by atoms with E-state index in [2.05, 4.69) is 14.9 Å². The summed E-state index contributed by atoms with van der Waals surface area (Å²) in [7, 11) is 0. The third-order valence-corrected chi connectivity index (χ3v) is 6.18. The van der Waals surface area contributed by atoms with Crippen LogP contribution < -0.4 is 4.74 Å². The SMILES string of the molecule is CC(C)(C)OC(=O)n1nc(I)c2cc(O)ccc21.CC(C)(C)OC(=O)n1nc(I)c2cc(OC(F)F)ccc21. The lowest BCUT2D eigenvalue weighted by atomic mass is 10.2. The first kappa shape index (κ1) is 30.8. The van der Waals surface area contributed by atoms with Gasteiger partial charge in [0.2, 0.25) is 0 Å². The molecule has 0 saturated carbocycles. The molecule has 0 aliphatic carbocycles. The maximum absolute atomic E-state index is 12.2. The lowest BCUT2D eigenvalue weighted by molar-refractivity contribution is -0.0497. The van der Waals surface area contributed by atoms with Gasteiger partial charge < -0.3 is 19.3 Å². The summed E-state index contributed by atoms with van der Waals surface area (Å²) in [6.07, 6.45) is -1.15. The summed E-state index contributed by atoms with van der Waals surface area (Å²) in [5, 5.41) is 18.9. The molecule has 0 aliphatic rings. The molecular weight excluding hydrogens is 744 g/mol. The van der Waals surface area contributed by atoms with Crippen LogP contribution in [0.2, 0.25) is 0 Å². The molecule has 0 aliphatic heterocycles. The van der Waals surface area contributed by atoms with E-state index in [4.69, 9.17) is 9.47 Å². The maximum atomic E-state index is 12.2. The Morgan fingerprint density at radius 1 is 0.821 bits per heavy atom. The number of hydrogen-bond donors (Lipinski definition) is 1. The van der Waals surface area contributed by atoms with Crippen LogP contribution in [0.3, 0.4) is 0 Å². The van der Waals surface area contributed by atoms with Crippen LogP contribution in [0.1, 0.15) is 41.5 Å². The molecule has 0 radical (unpaired) electrons. The predicted octanol–water partition coefficient (Wildman–Crippen LogP) is 7.16. The molecule has 2 aromatic heterocycles. The number of benzene rings is 2. The monoisotopic (exact) mass is 770 g/mol. The van der Waals surface area contributed by atoms with Gasteiger partial charge >= 0.3 is 18.8 Å². The second-order valence-corrected chi connectivity index (χ2v) is 12.2. The molecule has 10 nitrogen and oxygen atoms in total. The first-order chi connectivity index (χ1) is 17.9. The van der Waals surface area contributed by atoms with E-state index in [1.54, 1.807) is 53.7 Å². The van der Waals surface area contributed by atoms with Gasteiger partial charge in [0.15, 0.2) is 0 Å².